The molecule has 9 heteroatoms. The highest BCUT2D eigenvalue weighted by molar-refractivity contribution is 6.10. The van der Waals surface area contributed by atoms with Crippen LogP contribution in [0.1, 0.15) is 50.2 Å². The lowest BCUT2D eigenvalue weighted by atomic mass is 9.99. The molecule has 2 atom stereocenters. The summed E-state index contributed by atoms with van der Waals surface area (Å²) in [5, 5.41) is 13.4. The zero-order valence-corrected chi connectivity index (χ0v) is 20.5. The summed E-state index contributed by atoms with van der Waals surface area (Å²) in [6, 6.07) is 0.348. The molecule has 5 rings (SSSR count). The van der Waals surface area contributed by atoms with E-state index in [1.54, 1.807) is 19.2 Å². The van der Waals surface area contributed by atoms with Crippen LogP contribution in [0.25, 0.3) is 11.6 Å². The largest absolute Gasteiger partial charge is 0.388 e. The molecule has 1 saturated carbocycles. The Morgan fingerprint density at radius 2 is 2.03 bits per heavy atom. The van der Waals surface area contributed by atoms with Gasteiger partial charge in [0.15, 0.2) is 0 Å². The summed E-state index contributed by atoms with van der Waals surface area (Å²) in [6.45, 7) is 4.40. The van der Waals surface area contributed by atoms with Crippen LogP contribution in [0, 0.1) is 11.2 Å². The molecule has 36 heavy (non-hydrogen) atoms. The summed E-state index contributed by atoms with van der Waals surface area (Å²) in [4.78, 5) is 18.8. The third-order valence-electron chi connectivity index (χ3n) is 6.43. The van der Waals surface area contributed by atoms with Crippen molar-refractivity contribution in [1.29, 1.82) is 5.41 Å². The smallest absolute Gasteiger partial charge is 0.248 e. The highest BCUT2D eigenvalue weighted by Crippen LogP contribution is 2.28. The number of pyridine rings is 1. The standard InChI is InChI=1S/C27H33F2N5O2/c1-2-23(28)25(5-3-4-10-34-16-21-11-22(17-34)36-21)33-26(35)9-6-18-13-31-15-24(29)27(18)19(12-30)14-32-20-7-8-20/h3,5-6,9,12-15,20-22,30,32H,2,4,7-8,10-11,16-17H2,1H3,(H,33,35)/b5-3-,9-6+,19-14+,25-23-,30-12?. The van der Waals surface area contributed by atoms with Crippen molar-refractivity contribution in [3.8, 4) is 0 Å². The van der Waals surface area contributed by atoms with Gasteiger partial charge in [0.2, 0.25) is 5.91 Å². The topological polar surface area (TPSA) is 90.3 Å². The number of rotatable bonds is 12. The van der Waals surface area contributed by atoms with Crippen molar-refractivity contribution in [3.63, 3.8) is 0 Å². The van der Waals surface area contributed by atoms with Gasteiger partial charge in [-0.2, -0.15) is 0 Å². The summed E-state index contributed by atoms with van der Waals surface area (Å²) in [5.41, 5.74) is 0.981. The van der Waals surface area contributed by atoms with Crippen molar-refractivity contribution in [2.75, 3.05) is 19.6 Å². The first kappa shape index (κ1) is 25.9. The number of amides is 1. The van der Waals surface area contributed by atoms with Gasteiger partial charge in [-0.25, -0.2) is 8.78 Å². The summed E-state index contributed by atoms with van der Waals surface area (Å²) >= 11 is 0. The van der Waals surface area contributed by atoms with E-state index in [9.17, 15) is 13.6 Å². The van der Waals surface area contributed by atoms with Gasteiger partial charge >= 0.3 is 0 Å². The van der Waals surface area contributed by atoms with Crippen LogP contribution >= 0.6 is 0 Å². The zero-order chi connectivity index (χ0) is 25.5. The van der Waals surface area contributed by atoms with Gasteiger partial charge in [0, 0.05) is 73.5 Å². The van der Waals surface area contributed by atoms with Crippen molar-refractivity contribution in [3.05, 3.63) is 65.3 Å². The first-order valence-electron chi connectivity index (χ1n) is 12.5. The lowest BCUT2D eigenvalue weighted by Gasteiger charge is -2.47. The number of carbonyl (C=O) groups is 1. The molecule has 3 aliphatic heterocycles. The third kappa shape index (κ3) is 6.95. The Kier molecular flexibility index (Phi) is 8.77. The van der Waals surface area contributed by atoms with Crippen molar-refractivity contribution in [2.45, 2.75) is 57.3 Å². The van der Waals surface area contributed by atoms with Gasteiger partial charge in [0.05, 0.1) is 24.1 Å². The molecule has 3 N–H and O–H groups in total. The van der Waals surface area contributed by atoms with Gasteiger partial charge in [-0.3, -0.25) is 14.7 Å². The van der Waals surface area contributed by atoms with E-state index in [4.69, 9.17) is 10.1 Å². The summed E-state index contributed by atoms with van der Waals surface area (Å²) in [5.74, 6) is -1.56. The fraction of sp³-hybridized carbons (Fsp3) is 0.444. The number of halogens is 2. The van der Waals surface area contributed by atoms with Crippen molar-refractivity contribution in [1.82, 2.24) is 20.5 Å². The molecule has 2 unspecified atom stereocenters. The van der Waals surface area contributed by atoms with Gasteiger partial charge in [-0.1, -0.05) is 13.0 Å². The monoisotopic (exact) mass is 497 g/mol. The Labute approximate surface area is 210 Å². The molecule has 3 saturated heterocycles. The van der Waals surface area contributed by atoms with Gasteiger partial charge < -0.3 is 20.8 Å². The lowest BCUT2D eigenvalue weighted by molar-refractivity contribution is -0.180. The van der Waals surface area contributed by atoms with Crippen LogP contribution in [0.15, 0.2) is 48.3 Å². The number of aromatic nitrogens is 1. The molecule has 192 valence electrons. The Bertz CT molecular complexity index is 1080. The Morgan fingerprint density at radius 1 is 1.28 bits per heavy atom. The van der Waals surface area contributed by atoms with Gasteiger partial charge in [0.25, 0.3) is 0 Å². The van der Waals surface area contributed by atoms with Crippen LogP contribution in [-0.2, 0) is 9.53 Å². The second-order valence-corrected chi connectivity index (χ2v) is 9.33. The highest BCUT2D eigenvalue weighted by Gasteiger charge is 2.37. The third-order valence-corrected chi connectivity index (χ3v) is 6.43. The zero-order valence-electron chi connectivity index (χ0n) is 20.5. The fourth-order valence-corrected chi connectivity index (χ4v) is 4.34. The van der Waals surface area contributed by atoms with E-state index in [0.717, 1.165) is 57.7 Å². The first-order chi connectivity index (χ1) is 17.5. The minimum Gasteiger partial charge on any atom is -0.388 e. The van der Waals surface area contributed by atoms with Crippen molar-refractivity contribution in [2.24, 2.45) is 0 Å². The number of nitrogens with zero attached hydrogens (tertiary/aromatic N) is 2. The van der Waals surface area contributed by atoms with E-state index >= 15 is 0 Å². The van der Waals surface area contributed by atoms with E-state index < -0.39 is 17.6 Å². The maximum Gasteiger partial charge on any atom is 0.248 e. The minimum atomic E-state index is -0.594. The normalized spacial score (nSPS) is 22.9. The number of fused-ring (bicyclic) bond motifs is 2. The molecule has 1 aromatic heterocycles. The SMILES string of the molecule is CC/C(F)=C(\C=C/CCN1CC2CC(C1)O2)NC(=O)/C=C/c1cncc(F)c1/C(C=N)=C/NC1CC1. The van der Waals surface area contributed by atoms with E-state index in [0.29, 0.717) is 29.4 Å². The van der Waals surface area contributed by atoms with Crippen LogP contribution in [0.5, 0.6) is 0 Å². The van der Waals surface area contributed by atoms with Gasteiger partial charge in [-0.15, -0.1) is 0 Å². The predicted octanol–water partition coefficient (Wildman–Crippen LogP) is 4.10. The van der Waals surface area contributed by atoms with Crippen LogP contribution in [0.2, 0.25) is 0 Å². The number of nitrogens with one attached hydrogen (secondary N) is 3. The molecule has 7 nitrogen and oxygen atoms in total. The summed E-state index contributed by atoms with van der Waals surface area (Å²) < 4.78 is 34.7. The average Bonchev–Trinajstić information content (AvgIpc) is 3.69. The van der Waals surface area contributed by atoms with E-state index in [-0.39, 0.29) is 17.7 Å². The number of ether oxygens (including phenoxy) is 1. The second-order valence-electron chi connectivity index (χ2n) is 9.33. The van der Waals surface area contributed by atoms with Crippen molar-refractivity contribution < 1.29 is 18.3 Å². The molecular weight excluding hydrogens is 464 g/mol. The lowest BCUT2D eigenvalue weighted by Crippen LogP contribution is -2.57. The number of carbonyl (C=O) groups excluding carboxylic acids is 1. The average molecular weight is 498 g/mol. The predicted molar refractivity (Wildman–Crippen MR) is 136 cm³/mol. The molecule has 1 amide bonds. The Hall–Kier alpha value is -3.17. The molecule has 0 radical (unpaired) electrons. The molecule has 4 aliphatic rings. The quantitative estimate of drug-likeness (QED) is 0.230. The van der Waals surface area contributed by atoms with E-state index in [1.165, 1.54) is 18.3 Å². The molecular formula is C27H33F2N5O2. The van der Waals surface area contributed by atoms with Crippen LogP contribution in [-0.4, -0.2) is 59.9 Å². The fourth-order valence-electron chi connectivity index (χ4n) is 4.34. The van der Waals surface area contributed by atoms with Crippen molar-refractivity contribution >= 4 is 23.8 Å². The number of morpholine rings is 1. The maximum absolute atomic E-state index is 14.6. The maximum atomic E-state index is 14.6. The number of piperidine rings is 1. The summed E-state index contributed by atoms with van der Waals surface area (Å²) in [7, 11) is 0. The van der Waals surface area contributed by atoms with Crippen LogP contribution < -0.4 is 10.6 Å². The highest BCUT2D eigenvalue weighted by atomic mass is 19.1. The van der Waals surface area contributed by atoms with Crippen LogP contribution in [0.3, 0.4) is 0 Å². The van der Waals surface area contributed by atoms with Gasteiger partial charge in [0.1, 0.15) is 11.6 Å². The molecule has 1 aromatic rings. The van der Waals surface area contributed by atoms with E-state index in [1.807, 2.05) is 6.08 Å². The first-order valence-corrected chi connectivity index (χ1v) is 12.5. The molecule has 1 aliphatic carbocycles. The Balaban J connectivity index is 1.38. The van der Waals surface area contributed by atoms with Crippen LogP contribution in [0.4, 0.5) is 8.78 Å². The molecule has 0 aromatic carbocycles. The molecule has 4 fully saturated rings. The second kappa shape index (κ2) is 12.2. The molecule has 0 spiro atoms. The molecule has 4 heterocycles. The summed E-state index contributed by atoms with van der Waals surface area (Å²) in [6.07, 6.45) is 16.1. The molecule has 2 bridgehead atoms. The van der Waals surface area contributed by atoms with Gasteiger partial charge in [-0.05, 0) is 37.8 Å². The number of hydrogen-bond donors (Lipinski definition) is 3. The van der Waals surface area contributed by atoms with E-state index in [2.05, 4.69) is 20.5 Å². The Morgan fingerprint density at radius 3 is 2.69 bits per heavy atom. The number of allylic oxidation sites excluding steroid dienone is 3. The number of hydrogen-bond acceptors (Lipinski definition) is 6. The minimum absolute atomic E-state index is 0.114.